The summed E-state index contributed by atoms with van der Waals surface area (Å²) in [5.41, 5.74) is 22.6. The van der Waals surface area contributed by atoms with Crippen LogP contribution < -0.4 is 66.2 Å². The van der Waals surface area contributed by atoms with Crippen LogP contribution in [0.4, 0.5) is 92.6 Å². The summed E-state index contributed by atoms with van der Waals surface area (Å²) in [6.45, 7) is 14.5. The highest BCUT2D eigenvalue weighted by atomic mass is 16.5. The van der Waals surface area contributed by atoms with Gasteiger partial charge in [0.05, 0.1) is 101 Å². The number of allylic oxidation sites excluding steroid dienone is 3. The van der Waals surface area contributed by atoms with Gasteiger partial charge in [-0.25, -0.2) is 19.9 Å². The molecule has 0 aliphatic rings. The molecule has 0 radical (unpaired) electrons. The van der Waals surface area contributed by atoms with Gasteiger partial charge in [0.25, 0.3) is 0 Å². The minimum Gasteiger partial charge on any atom is -0.497 e. The van der Waals surface area contributed by atoms with Crippen LogP contribution >= 0.6 is 0 Å². The number of nitriles is 4. The molecule has 0 aliphatic carbocycles. The Labute approximate surface area is 801 Å². The second-order valence-corrected chi connectivity index (χ2v) is 31.0. The highest BCUT2D eigenvalue weighted by Crippen LogP contribution is 2.41. The smallest absolute Gasteiger partial charge is 0.231 e. The minimum absolute atomic E-state index is 0.00365. The van der Waals surface area contributed by atoms with E-state index in [2.05, 4.69) is 136 Å². The molecule has 17 rings (SSSR count). The number of nitrogens with one attached hydrogen (secondary N) is 10. The zero-order valence-electron chi connectivity index (χ0n) is 77.3. The lowest BCUT2D eigenvalue weighted by Crippen LogP contribution is -2.06. The summed E-state index contributed by atoms with van der Waals surface area (Å²) in [5.74, 6) is 17.4. The van der Waals surface area contributed by atoms with Crippen molar-refractivity contribution in [3.8, 4) is 102 Å². The molecule has 0 saturated heterocycles. The third-order valence-electron chi connectivity index (χ3n) is 21.2. The first-order chi connectivity index (χ1) is 67.6. The molecule has 0 spiro atoms. The Hall–Kier alpha value is -20.0. The molecule has 0 amide bonds. The van der Waals surface area contributed by atoms with E-state index in [1.807, 2.05) is 214 Å². The van der Waals surface area contributed by atoms with Crippen LogP contribution in [0, 0.1) is 129 Å². The molecule has 8 aromatic heterocycles. The number of ether oxygens (including phenoxy) is 5. The fourth-order valence-corrected chi connectivity index (χ4v) is 14.4. The highest BCUT2D eigenvalue weighted by molar-refractivity contribution is 5.93. The van der Waals surface area contributed by atoms with Crippen molar-refractivity contribution >= 4 is 155 Å². The second-order valence-electron chi connectivity index (χ2n) is 31.0. The van der Waals surface area contributed by atoms with Gasteiger partial charge in [0.2, 0.25) is 23.8 Å². The number of nitrogens with zero attached hydrogens (tertiary/aromatic N) is 18. The number of aromatic nitrogens is 16. The topological polar surface area (TPSA) is 434 Å². The maximum absolute atomic E-state index is 8.98. The molecule has 9 aromatic carbocycles. The van der Waals surface area contributed by atoms with E-state index in [1.54, 1.807) is 96.2 Å². The Morgan fingerprint density at radius 2 is 0.777 bits per heavy atom. The molecule has 0 fully saturated rings. The SMILES string of the molecule is C#C/C=C/c1cc(C)c(Nc2nc(Nc3ccc(C#N)cc3)nc3nc[nH]c23)c(OC)c1.C#Cc1ccc(Nc2nc(Nc3c(C)cc(/C=C/C#N)cc3OC)c3ncn(C(C)C)c3n2)cc1.C#Cc1ccc(Nc2nc(Nc3c(C)cc(/C=C/C#N)cc3OC)c3ncn(Cc4ccc(OC)cc4)c3n2)cc1.C#Cc1ccc(Nc2nc(Nc3c(C)cc(OCC#N)cc3C)c3[nH]cnc3n2)cc1. The van der Waals surface area contributed by atoms with Gasteiger partial charge in [-0.3, -0.25) is 0 Å². The average molecular weight is 1840 g/mol. The molecule has 684 valence electrons. The van der Waals surface area contributed by atoms with Crippen LogP contribution in [0.15, 0.2) is 213 Å². The van der Waals surface area contributed by atoms with Crippen molar-refractivity contribution in [2.45, 2.75) is 61.1 Å². The van der Waals surface area contributed by atoms with E-state index >= 15 is 0 Å². The average Bonchev–Trinajstić information content (AvgIpc) is 1.47. The summed E-state index contributed by atoms with van der Waals surface area (Å²) in [7, 11) is 6.46. The van der Waals surface area contributed by atoms with Gasteiger partial charge in [-0.05, 0) is 281 Å². The molecule has 0 aliphatic heterocycles. The monoisotopic (exact) mass is 1830 g/mol. The number of benzene rings is 9. The van der Waals surface area contributed by atoms with E-state index in [9.17, 15) is 0 Å². The van der Waals surface area contributed by atoms with Crippen molar-refractivity contribution in [1.29, 1.82) is 21.0 Å². The molecule has 0 unspecified atom stereocenters. The molecular weight excluding hydrogens is 1750 g/mol. The highest BCUT2D eigenvalue weighted by Gasteiger charge is 2.24. The summed E-state index contributed by atoms with van der Waals surface area (Å²) < 4.78 is 31.6. The van der Waals surface area contributed by atoms with Crippen molar-refractivity contribution in [2.24, 2.45) is 0 Å². The number of methoxy groups -OCH3 is 4. The first-order valence-electron chi connectivity index (χ1n) is 42.9. The fraction of sp³-hybridized carbons (Fsp3) is 0.132. The van der Waals surface area contributed by atoms with Crippen LogP contribution in [0.1, 0.15) is 92.2 Å². The Morgan fingerprint density at radius 3 is 1.17 bits per heavy atom. The van der Waals surface area contributed by atoms with Crippen LogP contribution in [0.3, 0.4) is 0 Å². The lowest BCUT2D eigenvalue weighted by Gasteiger charge is -2.16. The summed E-state index contributed by atoms with van der Waals surface area (Å²) in [6, 6.07) is 60.8. The first-order valence-corrected chi connectivity index (χ1v) is 42.9. The van der Waals surface area contributed by atoms with E-state index in [0.29, 0.717) is 127 Å². The molecule has 8 heterocycles. The standard InChI is InChI=1S/C32H27N7O2.C27H25N7O.C24H19N7O.C23H19N7O/c1-5-22-8-12-25(13-9-22)35-32-37-30(36-28-21(2)17-24(7-6-16-33)18-27(28)41-4)29-31(38-32)39(20-34-29)19-23-10-14-26(40-3)15-11-23;1-6-19-9-11-21(12-10-19)30-27-32-25(24-26(33-27)34(16-29-24)17(2)3)31-23-18(4)14-20(8-7-13-28)15-22(23)35-5;1-4-5-6-17-11-15(2)20(19(12-17)32-3)29-23-21-22(27-14-26-21)30-24(31-23)28-18-9-7-16(13-25)8-10-18;1-4-16-5-7-17(8-6-16)27-23-29-21-20(25-13-26-21)22(30-23)28-19-14(2)11-18(12-15(19)3)31-10-9-24/h1,6-15,17-18,20H,19H2,2-4H3,(H2,35,36,37,38);1,7-12,14-17H,2-5H3,(H2,30,31,32,33);1,5-12,14H,2-3H3,(H3,26,27,28,29,30,31);1,5-8,11-13H,10H2,2-3H3,(H3,25,26,27,28,29,30)/b7-6+;8-7+;6-5+;. The number of hydrogen-bond acceptors (Lipinski definition) is 29. The van der Waals surface area contributed by atoms with Gasteiger partial charge in [-0.1, -0.05) is 35.8 Å². The van der Waals surface area contributed by atoms with Gasteiger partial charge < -0.3 is 85.3 Å². The van der Waals surface area contributed by atoms with Crippen LogP contribution in [-0.4, -0.2) is 114 Å². The van der Waals surface area contributed by atoms with E-state index in [0.717, 1.165) is 118 Å². The molecule has 10 N–H and O–H groups in total. The van der Waals surface area contributed by atoms with Crippen LogP contribution in [0.5, 0.6) is 28.7 Å². The van der Waals surface area contributed by atoms with Crippen molar-refractivity contribution < 1.29 is 23.7 Å². The number of rotatable bonds is 28. The number of imidazole rings is 4. The minimum atomic E-state index is 0.00365. The molecule has 0 bridgehead atoms. The first kappa shape index (κ1) is 95.1. The van der Waals surface area contributed by atoms with Crippen molar-refractivity contribution in [2.75, 3.05) is 77.6 Å². The Morgan fingerprint density at radius 1 is 0.396 bits per heavy atom. The molecule has 17 aromatic rings. The largest absolute Gasteiger partial charge is 0.497 e. The quantitative estimate of drug-likeness (QED) is 0.0161. The van der Waals surface area contributed by atoms with E-state index in [4.69, 9.17) is 90.4 Å². The van der Waals surface area contributed by atoms with Gasteiger partial charge >= 0.3 is 0 Å². The molecule has 139 heavy (non-hydrogen) atoms. The van der Waals surface area contributed by atoms with E-state index in [-0.39, 0.29) is 12.6 Å². The zero-order chi connectivity index (χ0) is 98.0. The maximum atomic E-state index is 8.98. The Bertz CT molecular complexity index is 7830. The van der Waals surface area contributed by atoms with Crippen molar-refractivity contribution in [3.05, 3.63) is 286 Å². The molecule has 0 atom stereocenters. The van der Waals surface area contributed by atoms with Crippen molar-refractivity contribution in [1.82, 2.24) is 78.9 Å². The van der Waals surface area contributed by atoms with Crippen molar-refractivity contribution in [3.63, 3.8) is 0 Å². The fourth-order valence-electron chi connectivity index (χ4n) is 14.4. The van der Waals surface area contributed by atoms with E-state index in [1.165, 1.54) is 12.2 Å². The maximum Gasteiger partial charge on any atom is 0.231 e. The molecular formula is C106H90N28O5. The van der Waals surface area contributed by atoms with E-state index < -0.39 is 0 Å². The number of fused-ring (bicyclic) bond motifs is 4. The predicted octanol–water partition coefficient (Wildman–Crippen LogP) is 21.0. The number of anilines is 16. The Balaban J connectivity index is 0.000000149. The lowest BCUT2D eigenvalue weighted by atomic mass is 10.1. The van der Waals surface area contributed by atoms with Crippen LogP contribution in [0.2, 0.25) is 0 Å². The van der Waals surface area contributed by atoms with Gasteiger partial charge in [0, 0.05) is 63.3 Å². The molecule has 33 nitrogen and oxygen atoms in total. The van der Waals surface area contributed by atoms with Crippen LogP contribution in [0.25, 0.3) is 62.9 Å². The number of H-pyrrole nitrogens is 2. The van der Waals surface area contributed by atoms with Crippen LogP contribution in [-0.2, 0) is 6.54 Å². The number of hydrogen-bond donors (Lipinski definition) is 10. The second kappa shape index (κ2) is 44.7. The molecule has 0 saturated carbocycles. The summed E-state index contributed by atoms with van der Waals surface area (Å²) in [4.78, 5) is 61.3. The van der Waals surface area contributed by atoms with Gasteiger partial charge in [-0.15, -0.1) is 25.7 Å². The summed E-state index contributed by atoms with van der Waals surface area (Å²) in [6.07, 6.45) is 38.2. The number of aromatic amines is 2. The Kier molecular flexibility index (Phi) is 30.6. The number of terminal acetylenes is 4. The summed E-state index contributed by atoms with van der Waals surface area (Å²) in [5, 5.41) is 62.0. The van der Waals surface area contributed by atoms with Gasteiger partial charge in [0.1, 0.15) is 45.9 Å². The van der Waals surface area contributed by atoms with Gasteiger partial charge in [0.15, 0.2) is 63.5 Å². The lowest BCUT2D eigenvalue weighted by molar-refractivity contribution is 0.367. The third kappa shape index (κ3) is 23.5. The zero-order valence-corrected chi connectivity index (χ0v) is 77.3. The molecule has 33 heteroatoms. The third-order valence-corrected chi connectivity index (χ3v) is 21.2. The normalized spacial score (nSPS) is 10.7. The number of aryl methyl sites for hydroxylation is 5. The van der Waals surface area contributed by atoms with Gasteiger partial charge in [-0.2, -0.15) is 60.9 Å². The predicted molar refractivity (Wildman–Crippen MR) is 544 cm³/mol. The summed E-state index contributed by atoms with van der Waals surface area (Å²) >= 11 is 0.